The summed E-state index contributed by atoms with van der Waals surface area (Å²) in [5.74, 6) is 3.04. The van der Waals surface area contributed by atoms with E-state index < -0.39 is 0 Å². The molecule has 0 amide bonds. The van der Waals surface area contributed by atoms with Gasteiger partial charge >= 0.3 is 0 Å². The molecule has 0 radical (unpaired) electrons. The van der Waals surface area contributed by atoms with Crippen LogP contribution in [-0.4, -0.2) is 33.9 Å². The van der Waals surface area contributed by atoms with Crippen LogP contribution in [0.5, 0.6) is 11.5 Å². The van der Waals surface area contributed by atoms with E-state index in [1.165, 1.54) is 37.7 Å². The van der Waals surface area contributed by atoms with Crippen LogP contribution in [0, 0.1) is 11.3 Å². The number of aryl methyl sites for hydroxylation is 1. The van der Waals surface area contributed by atoms with E-state index in [2.05, 4.69) is 62.6 Å². The quantitative estimate of drug-likeness (QED) is 0.398. The van der Waals surface area contributed by atoms with Gasteiger partial charge in [0.25, 0.3) is 0 Å². The number of nitrogens with one attached hydrogen (secondary N) is 2. The molecular weight excluding hydrogens is 432 g/mol. The average Bonchev–Trinajstić information content (AvgIpc) is 2.85. The van der Waals surface area contributed by atoms with E-state index in [1.807, 2.05) is 12.1 Å². The Morgan fingerprint density at radius 1 is 0.971 bits per heavy atom. The first kappa shape index (κ1) is 26.0. The number of benzene rings is 2. The normalized spacial score (nSPS) is 25.7. The topological polar surface area (TPSA) is 42.5 Å². The Kier molecular flexibility index (Phi) is 8.12. The molecule has 2 N–H and O–H groups in total. The molecule has 35 heavy (non-hydrogen) atoms. The zero-order valence-electron chi connectivity index (χ0n) is 22.8. The van der Waals surface area contributed by atoms with Crippen LogP contribution >= 0.6 is 0 Å². The molecule has 192 valence electrons. The molecule has 2 aliphatic rings. The van der Waals surface area contributed by atoms with Gasteiger partial charge in [0, 0.05) is 37.8 Å². The summed E-state index contributed by atoms with van der Waals surface area (Å²) in [6, 6.07) is 13.4. The second kappa shape index (κ2) is 10.9. The maximum Gasteiger partial charge on any atom is 0.127 e. The van der Waals surface area contributed by atoms with Crippen LogP contribution in [0.25, 0.3) is 0 Å². The monoisotopic (exact) mass is 478 g/mol. The number of methoxy groups -OCH3 is 2. The second-order valence-corrected chi connectivity index (χ2v) is 11.6. The third kappa shape index (κ3) is 5.39. The predicted molar refractivity (Wildman–Crippen MR) is 146 cm³/mol. The molecule has 1 saturated carbocycles. The van der Waals surface area contributed by atoms with Crippen molar-refractivity contribution in [2.24, 2.45) is 11.3 Å². The van der Waals surface area contributed by atoms with Gasteiger partial charge in [-0.05, 0) is 71.1 Å². The van der Waals surface area contributed by atoms with Crippen molar-refractivity contribution in [2.45, 2.75) is 77.7 Å². The van der Waals surface area contributed by atoms with Gasteiger partial charge in [-0.2, -0.15) is 0 Å². The molecule has 0 saturated heterocycles. The van der Waals surface area contributed by atoms with E-state index in [4.69, 9.17) is 9.47 Å². The molecule has 3 atom stereocenters. The molecule has 0 aliphatic heterocycles. The molecule has 0 aromatic heterocycles. The van der Waals surface area contributed by atoms with E-state index in [1.54, 1.807) is 25.3 Å². The summed E-state index contributed by atoms with van der Waals surface area (Å²) >= 11 is 0. The third-order valence-electron chi connectivity index (χ3n) is 8.99. The van der Waals surface area contributed by atoms with Crippen molar-refractivity contribution >= 4 is 0 Å². The Morgan fingerprint density at radius 3 is 2.51 bits per heavy atom. The molecule has 4 heteroatoms. The fourth-order valence-electron chi connectivity index (χ4n) is 6.99. The van der Waals surface area contributed by atoms with Crippen molar-refractivity contribution in [3.63, 3.8) is 0 Å². The first-order chi connectivity index (χ1) is 16.8. The Balaban J connectivity index is 1.32. The van der Waals surface area contributed by atoms with Gasteiger partial charge in [-0.3, -0.25) is 0 Å². The standard InChI is InChI=1S/C31H46N2O2/c1-22(2)23-9-12-27-24(18-23)10-13-29-30(3,14-7-15-31(27,29)4)21-33-17-16-32-20-25-8-11-26(34-5)19-28(25)35-6/h8-9,11-12,18-19,22,29,32-33H,7,10,13-17,20-21H2,1-6H3/t29-,30-,31+/m0/s1. The van der Waals surface area contributed by atoms with Gasteiger partial charge in [-0.1, -0.05) is 58.4 Å². The summed E-state index contributed by atoms with van der Waals surface area (Å²) in [6.45, 7) is 13.5. The fraction of sp³-hybridized carbons (Fsp3) is 0.613. The van der Waals surface area contributed by atoms with Gasteiger partial charge in [0.15, 0.2) is 0 Å². The lowest BCUT2D eigenvalue weighted by Crippen LogP contribution is -2.53. The molecule has 1 fully saturated rings. The van der Waals surface area contributed by atoms with Crippen molar-refractivity contribution in [1.29, 1.82) is 0 Å². The van der Waals surface area contributed by atoms with E-state index in [-0.39, 0.29) is 0 Å². The average molecular weight is 479 g/mol. The maximum absolute atomic E-state index is 5.53. The van der Waals surface area contributed by atoms with Crippen LogP contribution in [0.4, 0.5) is 0 Å². The second-order valence-electron chi connectivity index (χ2n) is 11.6. The molecule has 0 bridgehead atoms. The van der Waals surface area contributed by atoms with Gasteiger partial charge in [0.05, 0.1) is 14.2 Å². The predicted octanol–water partition coefficient (Wildman–Crippen LogP) is 6.22. The zero-order chi connectivity index (χ0) is 25.1. The summed E-state index contributed by atoms with van der Waals surface area (Å²) in [4.78, 5) is 0. The Bertz CT molecular complexity index is 1000. The molecule has 0 unspecified atom stereocenters. The number of hydrogen-bond acceptors (Lipinski definition) is 4. The minimum Gasteiger partial charge on any atom is -0.497 e. The largest absolute Gasteiger partial charge is 0.497 e. The van der Waals surface area contributed by atoms with Gasteiger partial charge in [-0.15, -0.1) is 0 Å². The molecule has 2 aliphatic carbocycles. The first-order valence-corrected chi connectivity index (χ1v) is 13.6. The summed E-state index contributed by atoms with van der Waals surface area (Å²) in [6.07, 6.45) is 6.53. The van der Waals surface area contributed by atoms with Crippen LogP contribution in [0.2, 0.25) is 0 Å². The van der Waals surface area contributed by atoms with Crippen LogP contribution < -0.4 is 20.1 Å². The fourth-order valence-corrected chi connectivity index (χ4v) is 6.99. The molecule has 4 nitrogen and oxygen atoms in total. The smallest absolute Gasteiger partial charge is 0.127 e. The van der Waals surface area contributed by atoms with Crippen molar-refractivity contribution in [3.05, 3.63) is 58.7 Å². The van der Waals surface area contributed by atoms with Crippen molar-refractivity contribution in [2.75, 3.05) is 33.9 Å². The minimum atomic E-state index is 0.306. The first-order valence-electron chi connectivity index (χ1n) is 13.6. The zero-order valence-corrected chi connectivity index (χ0v) is 22.8. The van der Waals surface area contributed by atoms with Crippen LogP contribution in [-0.2, 0) is 18.4 Å². The Hall–Kier alpha value is -2.04. The highest BCUT2D eigenvalue weighted by molar-refractivity contribution is 5.42. The van der Waals surface area contributed by atoms with Gasteiger partial charge in [0.2, 0.25) is 0 Å². The molecule has 0 heterocycles. The third-order valence-corrected chi connectivity index (χ3v) is 8.99. The molecule has 2 aromatic carbocycles. The van der Waals surface area contributed by atoms with E-state index >= 15 is 0 Å². The summed E-state index contributed by atoms with van der Waals surface area (Å²) in [7, 11) is 3.40. The Labute approximate surface area is 213 Å². The highest BCUT2D eigenvalue weighted by Crippen LogP contribution is 2.57. The highest BCUT2D eigenvalue weighted by atomic mass is 16.5. The number of rotatable bonds is 10. The van der Waals surface area contributed by atoms with E-state index in [9.17, 15) is 0 Å². The SMILES string of the molecule is COc1ccc(CNCCNC[C@]2(C)CCC[C@]3(C)c4ccc(C(C)C)cc4CC[C@@H]23)c(OC)c1. The molecule has 0 spiro atoms. The van der Waals surface area contributed by atoms with Crippen LogP contribution in [0.3, 0.4) is 0 Å². The van der Waals surface area contributed by atoms with Crippen molar-refractivity contribution in [1.82, 2.24) is 10.6 Å². The highest BCUT2D eigenvalue weighted by Gasteiger charge is 2.51. The number of ether oxygens (including phenoxy) is 2. The van der Waals surface area contributed by atoms with Crippen molar-refractivity contribution < 1.29 is 9.47 Å². The lowest BCUT2D eigenvalue weighted by molar-refractivity contribution is 0.0261. The number of fused-ring (bicyclic) bond motifs is 3. The summed E-state index contributed by atoms with van der Waals surface area (Å²) < 4.78 is 10.8. The number of hydrogen-bond donors (Lipinski definition) is 2. The minimum absolute atomic E-state index is 0.306. The van der Waals surface area contributed by atoms with Crippen molar-refractivity contribution in [3.8, 4) is 11.5 Å². The van der Waals surface area contributed by atoms with Gasteiger partial charge in [0.1, 0.15) is 11.5 Å². The maximum atomic E-state index is 5.53. The molecular formula is C31H46N2O2. The van der Waals surface area contributed by atoms with Gasteiger partial charge < -0.3 is 20.1 Å². The lowest BCUT2D eigenvalue weighted by atomic mass is 9.49. The van der Waals surface area contributed by atoms with E-state index in [0.29, 0.717) is 16.7 Å². The van der Waals surface area contributed by atoms with Gasteiger partial charge in [-0.25, -0.2) is 0 Å². The van der Waals surface area contributed by atoms with Crippen LogP contribution in [0.1, 0.15) is 81.5 Å². The summed E-state index contributed by atoms with van der Waals surface area (Å²) in [5.41, 5.74) is 6.56. The molecule has 2 aromatic rings. The van der Waals surface area contributed by atoms with E-state index in [0.717, 1.165) is 49.2 Å². The lowest BCUT2D eigenvalue weighted by Gasteiger charge is -2.55. The Morgan fingerprint density at radius 2 is 1.77 bits per heavy atom. The molecule has 4 rings (SSSR count). The summed E-state index contributed by atoms with van der Waals surface area (Å²) in [5, 5.41) is 7.39. The van der Waals surface area contributed by atoms with Crippen LogP contribution in [0.15, 0.2) is 36.4 Å².